The Morgan fingerprint density at radius 3 is 2.60 bits per heavy atom. The van der Waals surface area contributed by atoms with E-state index in [-0.39, 0.29) is 11.4 Å². The Labute approximate surface area is 173 Å². The molecule has 150 valence electrons. The summed E-state index contributed by atoms with van der Waals surface area (Å²) in [7, 11) is 1.43. The molecule has 2 heterocycles. The molecule has 0 amide bonds. The molecule has 1 aliphatic carbocycles. The van der Waals surface area contributed by atoms with Crippen LogP contribution < -0.4 is 4.74 Å². The molecular weight excluding hydrogens is 380 g/mol. The van der Waals surface area contributed by atoms with Crippen LogP contribution in [0.25, 0.3) is 33.6 Å². The molecule has 0 atom stereocenters. The van der Waals surface area contributed by atoms with E-state index >= 15 is 0 Å². The fraction of sp³-hybridized carbons (Fsp3) is 0.208. The van der Waals surface area contributed by atoms with E-state index in [2.05, 4.69) is 11.1 Å². The molecule has 5 rings (SSSR count). The number of carbonyl (C=O) groups is 1. The summed E-state index contributed by atoms with van der Waals surface area (Å²) >= 11 is 0. The van der Waals surface area contributed by atoms with E-state index < -0.39 is 5.97 Å². The zero-order chi connectivity index (χ0) is 20.7. The highest BCUT2D eigenvalue weighted by atomic mass is 16.5. The number of hydrogen-bond acceptors (Lipinski definition) is 5. The number of carboxylic acid groups (broad SMARTS) is 1. The van der Waals surface area contributed by atoms with Crippen molar-refractivity contribution in [1.82, 2.24) is 9.97 Å². The third-order valence-corrected chi connectivity index (χ3v) is 5.73. The Hall–Kier alpha value is -3.67. The molecule has 0 bridgehead atoms. The summed E-state index contributed by atoms with van der Waals surface area (Å²) in [6.07, 6.45) is 5.09. The summed E-state index contributed by atoms with van der Waals surface area (Å²) in [5.74, 6) is -0.00281. The number of nitrogens with zero attached hydrogens (tertiary/aromatic N) is 2. The van der Waals surface area contributed by atoms with Crippen molar-refractivity contribution in [2.45, 2.75) is 25.2 Å². The monoisotopic (exact) mass is 400 g/mol. The van der Waals surface area contributed by atoms with E-state index in [1.165, 1.54) is 19.1 Å². The van der Waals surface area contributed by atoms with E-state index in [1.54, 1.807) is 12.3 Å². The maximum absolute atomic E-state index is 11.6. The number of carboxylic acids is 1. The second-order valence-corrected chi connectivity index (χ2v) is 7.48. The summed E-state index contributed by atoms with van der Waals surface area (Å²) < 4.78 is 11.1. The van der Waals surface area contributed by atoms with Crippen molar-refractivity contribution in [3.63, 3.8) is 0 Å². The zero-order valence-electron chi connectivity index (χ0n) is 16.5. The predicted octanol–water partition coefficient (Wildman–Crippen LogP) is 5.53. The van der Waals surface area contributed by atoms with Crippen LogP contribution in [0.1, 0.15) is 41.1 Å². The lowest BCUT2D eigenvalue weighted by atomic mass is 9.77. The van der Waals surface area contributed by atoms with Gasteiger partial charge < -0.3 is 14.3 Å². The van der Waals surface area contributed by atoms with Gasteiger partial charge in [0.2, 0.25) is 11.8 Å². The Balaban J connectivity index is 1.74. The quantitative estimate of drug-likeness (QED) is 0.474. The first kappa shape index (κ1) is 18.4. The first-order chi connectivity index (χ1) is 14.7. The summed E-state index contributed by atoms with van der Waals surface area (Å²) in [4.78, 5) is 21.0. The molecule has 0 spiro atoms. The van der Waals surface area contributed by atoms with Crippen LogP contribution in [-0.4, -0.2) is 28.2 Å². The van der Waals surface area contributed by atoms with Crippen molar-refractivity contribution in [2.24, 2.45) is 0 Å². The Morgan fingerprint density at radius 1 is 1.13 bits per heavy atom. The Bertz CT molecular complexity index is 1240. The van der Waals surface area contributed by atoms with Crippen molar-refractivity contribution in [1.29, 1.82) is 0 Å². The number of aromatic nitrogens is 2. The maximum Gasteiger partial charge on any atom is 0.341 e. The molecule has 0 saturated heterocycles. The van der Waals surface area contributed by atoms with Crippen molar-refractivity contribution in [2.75, 3.05) is 7.11 Å². The molecule has 2 aromatic carbocycles. The molecule has 2 aromatic heterocycles. The molecule has 0 unspecified atom stereocenters. The third kappa shape index (κ3) is 3.01. The van der Waals surface area contributed by atoms with Crippen LogP contribution in [0.15, 0.2) is 59.2 Å². The molecule has 0 radical (unpaired) electrons. The van der Waals surface area contributed by atoms with Gasteiger partial charge in [-0.1, -0.05) is 36.8 Å². The highest BCUT2D eigenvalue weighted by Crippen LogP contribution is 2.44. The first-order valence-corrected chi connectivity index (χ1v) is 9.92. The molecule has 1 aliphatic rings. The van der Waals surface area contributed by atoms with E-state index in [4.69, 9.17) is 14.1 Å². The minimum Gasteiger partial charge on any atom is -0.480 e. The fourth-order valence-electron chi connectivity index (χ4n) is 3.98. The van der Waals surface area contributed by atoms with E-state index in [0.29, 0.717) is 23.0 Å². The fourth-order valence-corrected chi connectivity index (χ4v) is 3.98. The molecule has 1 saturated carbocycles. The summed E-state index contributed by atoms with van der Waals surface area (Å²) in [5, 5.41) is 10.2. The van der Waals surface area contributed by atoms with Gasteiger partial charge in [0.15, 0.2) is 0 Å². The number of aromatic carboxylic acids is 1. The van der Waals surface area contributed by atoms with Gasteiger partial charge in [-0.3, -0.25) is 0 Å². The molecule has 6 nitrogen and oxygen atoms in total. The highest BCUT2D eigenvalue weighted by Gasteiger charge is 2.27. The first-order valence-electron chi connectivity index (χ1n) is 9.92. The normalized spacial score (nSPS) is 13.9. The molecule has 6 heteroatoms. The van der Waals surface area contributed by atoms with Gasteiger partial charge >= 0.3 is 5.97 Å². The summed E-state index contributed by atoms with van der Waals surface area (Å²) in [6.45, 7) is 0. The predicted molar refractivity (Wildman–Crippen MR) is 113 cm³/mol. The lowest BCUT2D eigenvalue weighted by Crippen LogP contribution is -2.11. The van der Waals surface area contributed by atoms with Crippen LogP contribution >= 0.6 is 0 Å². The van der Waals surface area contributed by atoms with Crippen molar-refractivity contribution in [3.8, 4) is 28.6 Å². The van der Waals surface area contributed by atoms with Crippen LogP contribution in [0.3, 0.4) is 0 Å². The van der Waals surface area contributed by atoms with Crippen LogP contribution in [-0.2, 0) is 0 Å². The SMILES string of the molecule is COc1nc2c(-c3coc(-c4ccccc4)n3)c(C3CCC3)ccc2cc1C(=O)O. The van der Waals surface area contributed by atoms with Crippen LogP contribution in [0.4, 0.5) is 0 Å². The molecule has 30 heavy (non-hydrogen) atoms. The van der Waals surface area contributed by atoms with Gasteiger partial charge in [-0.15, -0.1) is 0 Å². The Morgan fingerprint density at radius 2 is 1.93 bits per heavy atom. The lowest BCUT2D eigenvalue weighted by molar-refractivity contribution is 0.0692. The largest absolute Gasteiger partial charge is 0.480 e. The van der Waals surface area contributed by atoms with Gasteiger partial charge in [0.05, 0.1) is 12.6 Å². The smallest absolute Gasteiger partial charge is 0.341 e. The standard InChI is InChI=1S/C24H20N2O4/c1-29-23-18(24(27)28)12-16-10-11-17(14-8-5-9-14)20(21(16)26-23)19-13-30-22(25-19)15-6-3-2-4-7-15/h2-4,6-7,10-14H,5,8-9H2,1H3,(H,27,28). The van der Waals surface area contributed by atoms with Crippen molar-refractivity contribution in [3.05, 3.63) is 65.9 Å². The molecular formula is C24H20N2O4. The topological polar surface area (TPSA) is 85.5 Å². The van der Waals surface area contributed by atoms with E-state index in [0.717, 1.165) is 29.4 Å². The third-order valence-electron chi connectivity index (χ3n) is 5.73. The minimum absolute atomic E-state index is 0.0393. The second-order valence-electron chi connectivity index (χ2n) is 7.48. The van der Waals surface area contributed by atoms with Gasteiger partial charge in [0, 0.05) is 16.5 Å². The highest BCUT2D eigenvalue weighted by molar-refractivity contribution is 6.00. The number of methoxy groups -OCH3 is 1. The number of hydrogen-bond donors (Lipinski definition) is 1. The number of ether oxygens (including phenoxy) is 1. The van der Waals surface area contributed by atoms with E-state index in [9.17, 15) is 9.90 Å². The van der Waals surface area contributed by atoms with Crippen LogP contribution in [0.2, 0.25) is 0 Å². The number of fused-ring (bicyclic) bond motifs is 1. The number of pyridine rings is 1. The van der Waals surface area contributed by atoms with Gasteiger partial charge in [0.1, 0.15) is 17.5 Å². The van der Waals surface area contributed by atoms with E-state index in [1.807, 2.05) is 36.4 Å². The van der Waals surface area contributed by atoms with Gasteiger partial charge in [0.25, 0.3) is 0 Å². The van der Waals surface area contributed by atoms with Crippen LogP contribution in [0, 0.1) is 0 Å². The number of oxazole rings is 1. The number of benzene rings is 2. The molecule has 4 aromatic rings. The average Bonchev–Trinajstić information content (AvgIpc) is 3.21. The molecule has 1 N–H and O–H groups in total. The lowest BCUT2D eigenvalue weighted by Gasteiger charge is -2.28. The van der Waals surface area contributed by atoms with Crippen molar-refractivity contribution >= 4 is 16.9 Å². The van der Waals surface area contributed by atoms with Gasteiger partial charge in [-0.2, -0.15) is 0 Å². The maximum atomic E-state index is 11.6. The van der Waals surface area contributed by atoms with Crippen LogP contribution in [0.5, 0.6) is 5.88 Å². The second kappa shape index (κ2) is 7.30. The summed E-state index contributed by atoms with van der Waals surface area (Å²) in [5.41, 5.74) is 4.36. The Kier molecular flexibility index (Phi) is 4.47. The number of rotatable bonds is 5. The van der Waals surface area contributed by atoms with Gasteiger partial charge in [-0.05, 0) is 42.5 Å². The van der Waals surface area contributed by atoms with Crippen molar-refractivity contribution < 1.29 is 19.1 Å². The summed E-state index contributed by atoms with van der Waals surface area (Å²) in [6, 6.07) is 15.3. The minimum atomic E-state index is -1.07. The zero-order valence-corrected chi connectivity index (χ0v) is 16.5. The van der Waals surface area contributed by atoms with Gasteiger partial charge in [-0.25, -0.2) is 14.8 Å². The average molecular weight is 400 g/mol. The molecule has 0 aliphatic heterocycles. The molecule has 1 fully saturated rings.